The standard InChI is InChI=1S/C32H30N4O2.2C6H4N.2Pt/c1-3-17-35(18-4-1)27-13-15-33-31(23-27)37-29-11-7-9-25(21-29)26-10-8-12-30(22-26)38-32-24-28(14-16-34-32)36-19-5-2-6-20-36;2*1-2-7-5-3-4-6-7;;/h7-8,11-16,23-24H,1-6,17-20H2;2*3-6H;;/q-4;2*-1;;. The van der Waals surface area contributed by atoms with Gasteiger partial charge in [-0.1, -0.05) is 11.5 Å². The van der Waals surface area contributed by atoms with Gasteiger partial charge in [0.25, 0.3) is 0 Å². The van der Waals surface area contributed by atoms with Gasteiger partial charge in [0.05, 0.1) is 0 Å². The van der Waals surface area contributed by atoms with Crippen LogP contribution in [0.5, 0.6) is 23.3 Å². The molecule has 2 saturated heterocycles. The topological polar surface area (TPSA) is 60.6 Å². The Morgan fingerprint density at radius 2 is 0.944 bits per heavy atom. The molecule has 0 radical (unpaired) electrons. The van der Waals surface area contributed by atoms with Crippen LogP contribution in [0.4, 0.5) is 11.4 Å². The number of nitrogens with zero attached hydrogens (tertiary/aromatic N) is 6. The number of ether oxygens (including phenoxy) is 2. The molecule has 10 heteroatoms. The Hall–Kier alpha value is -5.00. The zero-order valence-electron chi connectivity index (χ0n) is 29.6. The molecular weight excluding hydrogens is 1030 g/mol. The minimum absolute atomic E-state index is 0. The maximum Gasteiger partial charge on any atom is 0.217 e. The van der Waals surface area contributed by atoms with Gasteiger partial charge in [-0.05, 0) is 74.9 Å². The maximum atomic E-state index is 6.57. The SMILES string of the molecule is [C-]#Cn1cccc1.[C-]#Cn1cccc1.[Pt].[Pt].[c-]1ccc(Oc2cc(N3CCCCC3)ccn2)[c-]c1-c1[c-]ccc(Oc2cc(N3CCCCC3)ccn2)[c-]1. The van der Waals surface area contributed by atoms with Gasteiger partial charge >= 0.3 is 0 Å². The zero-order chi connectivity index (χ0) is 35.8. The van der Waals surface area contributed by atoms with Gasteiger partial charge in [0.15, 0.2) is 0 Å². The van der Waals surface area contributed by atoms with Gasteiger partial charge in [-0.2, -0.15) is 12.1 Å². The Bertz CT molecular complexity index is 1910. The molecule has 6 aromatic rings. The van der Waals surface area contributed by atoms with Crippen molar-refractivity contribution in [3.05, 3.63) is 147 Å². The average Bonchev–Trinajstić information content (AvgIpc) is 3.95. The van der Waals surface area contributed by atoms with E-state index in [0.717, 1.165) is 37.6 Å². The third kappa shape index (κ3) is 12.6. The molecule has 0 unspecified atom stereocenters. The third-order valence-corrected chi connectivity index (χ3v) is 8.45. The molecule has 0 atom stereocenters. The summed E-state index contributed by atoms with van der Waals surface area (Å²) in [6, 6.07) is 40.1. The van der Waals surface area contributed by atoms with Crippen LogP contribution in [0.15, 0.2) is 110 Å². The van der Waals surface area contributed by atoms with Crippen molar-refractivity contribution in [2.75, 3.05) is 36.0 Å². The van der Waals surface area contributed by atoms with Crippen molar-refractivity contribution in [3.63, 3.8) is 0 Å². The number of rotatable bonds is 7. The number of hydrogen-bond donors (Lipinski definition) is 0. The predicted molar refractivity (Wildman–Crippen MR) is 202 cm³/mol. The van der Waals surface area contributed by atoms with Crippen LogP contribution in [0.1, 0.15) is 38.5 Å². The first-order valence-corrected chi connectivity index (χ1v) is 17.4. The van der Waals surface area contributed by atoms with Gasteiger partial charge in [0.2, 0.25) is 11.8 Å². The minimum Gasteiger partial charge on any atom is -0.669 e. The van der Waals surface area contributed by atoms with E-state index in [2.05, 4.69) is 56.1 Å². The Kier molecular flexibility index (Phi) is 17.2. The molecule has 282 valence electrons. The van der Waals surface area contributed by atoms with E-state index in [4.69, 9.17) is 22.3 Å². The molecule has 2 fully saturated rings. The van der Waals surface area contributed by atoms with Crippen LogP contribution in [0.2, 0.25) is 0 Å². The summed E-state index contributed by atoms with van der Waals surface area (Å²) in [6.07, 6.45) is 31.3. The molecule has 8 nitrogen and oxygen atoms in total. The molecule has 0 N–H and O–H groups in total. The number of piperidine rings is 2. The Morgan fingerprint density at radius 1 is 0.556 bits per heavy atom. The quantitative estimate of drug-likeness (QED) is 0.118. The van der Waals surface area contributed by atoms with E-state index in [1.807, 2.05) is 72.8 Å². The molecule has 2 aliphatic rings. The number of hydrogen-bond acceptors (Lipinski definition) is 6. The minimum atomic E-state index is 0. The van der Waals surface area contributed by atoms with Crippen LogP contribution in [0, 0.1) is 49.2 Å². The van der Waals surface area contributed by atoms with Gasteiger partial charge in [0, 0.05) is 129 Å². The molecule has 2 aliphatic heterocycles. The number of aromatic nitrogens is 4. The Labute approximate surface area is 348 Å². The molecule has 54 heavy (non-hydrogen) atoms. The molecule has 0 spiro atoms. The Morgan fingerprint density at radius 3 is 1.30 bits per heavy atom. The smallest absolute Gasteiger partial charge is 0.217 e. The third-order valence-electron chi connectivity index (χ3n) is 8.45. The number of pyridine rings is 2. The number of benzene rings is 2. The predicted octanol–water partition coefficient (Wildman–Crippen LogP) is 8.67. The first-order chi connectivity index (χ1) is 25.7. The van der Waals surface area contributed by atoms with Crippen molar-refractivity contribution in [1.82, 2.24) is 19.1 Å². The van der Waals surface area contributed by atoms with Gasteiger partial charge in [-0.15, -0.1) is 0 Å². The fourth-order valence-corrected chi connectivity index (χ4v) is 5.84. The van der Waals surface area contributed by atoms with E-state index < -0.39 is 0 Å². The Balaban J connectivity index is 0.000000340. The van der Waals surface area contributed by atoms with Gasteiger partial charge in [-0.3, -0.25) is 12.1 Å². The van der Waals surface area contributed by atoms with Crippen LogP contribution < -0.4 is 19.3 Å². The van der Waals surface area contributed by atoms with Crippen molar-refractivity contribution in [3.8, 4) is 46.5 Å². The van der Waals surface area contributed by atoms with Crippen molar-refractivity contribution < 1.29 is 51.6 Å². The van der Waals surface area contributed by atoms with Crippen molar-refractivity contribution in [2.24, 2.45) is 0 Å². The van der Waals surface area contributed by atoms with Crippen LogP contribution in [0.25, 0.3) is 11.1 Å². The first-order valence-electron chi connectivity index (χ1n) is 17.4. The van der Waals surface area contributed by atoms with E-state index >= 15 is 0 Å². The summed E-state index contributed by atoms with van der Waals surface area (Å²) in [7, 11) is 0. The average molecular weight is 1070 g/mol. The fourth-order valence-electron chi connectivity index (χ4n) is 5.84. The van der Waals surface area contributed by atoms with Gasteiger partial charge in [-0.25, -0.2) is 22.1 Å². The van der Waals surface area contributed by atoms with Crippen molar-refractivity contribution >= 4 is 11.4 Å². The molecule has 8 rings (SSSR count). The normalized spacial score (nSPS) is 13.1. The fraction of sp³-hybridized carbons (Fsp3) is 0.227. The van der Waals surface area contributed by atoms with E-state index in [1.165, 1.54) is 38.5 Å². The second-order valence-electron chi connectivity index (χ2n) is 12.1. The van der Waals surface area contributed by atoms with Crippen LogP contribution >= 0.6 is 0 Å². The zero-order valence-corrected chi connectivity index (χ0v) is 34.1. The second-order valence-corrected chi connectivity index (χ2v) is 12.1. The molecule has 0 aliphatic carbocycles. The van der Waals surface area contributed by atoms with Crippen molar-refractivity contribution in [1.29, 1.82) is 0 Å². The molecule has 0 amide bonds. The van der Waals surface area contributed by atoms with E-state index in [0.29, 0.717) is 34.4 Å². The summed E-state index contributed by atoms with van der Waals surface area (Å²) in [6.45, 7) is 4.29. The first kappa shape index (κ1) is 41.7. The maximum absolute atomic E-state index is 6.57. The summed E-state index contributed by atoms with van der Waals surface area (Å²) >= 11 is 0. The molecule has 4 aromatic heterocycles. The molecule has 0 saturated carbocycles. The monoisotopic (exact) mass is 1070 g/mol. The summed E-state index contributed by atoms with van der Waals surface area (Å²) in [5, 5.41) is 0. The summed E-state index contributed by atoms with van der Waals surface area (Å²) in [5.74, 6) is 2.22. The van der Waals surface area contributed by atoms with E-state index in [-0.39, 0.29) is 42.1 Å². The van der Waals surface area contributed by atoms with E-state index in [9.17, 15) is 0 Å². The van der Waals surface area contributed by atoms with Crippen molar-refractivity contribution in [2.45, 2.75) is 38.5 Å². The summed E-state index contributed by atoms with van der Waals surface area (Å²) < 4.78 is 15.2. The van der Waals surface area contributed by atoms with E-state index in [1.54, 1.807) is 46.3 Å². The van der Waals surface area contributed by atoms with Crippen LogP contribution in [-0.2, 0) is 42.1 Å². The number of anilines is 2. The summed E-state index contributed by atoms with van der Waals surface area (Å²) in [5.41, 5.74) is 3.66. The second kappa shape index (κ2) is 22.3. The summed E-state index contributed by atoms with van der Waals surface area (Å²) in [4.78, 5) is 13.6. The van der Waals surface area contributed by atoms with Gasteiger partial charge in [0.1, 0.15) is 0 Å². The van der Waals surface area contributed by atoms with Crippen LogP contribution in [-0.4, -0.2) is 45.3 Å². The molecular formula is C44H38N6O2Pt2-6. The van der Waals surface area contributed by atoms with Gasteiger partial charge < -0.3 is 76.6 Å². The molecule has 6 heterocycles. The molecule has 0 bridgehead atoms. The molecule has 2 aromatic carbocycles. The van der Waals surface area contributed by atoms with Crippen LogP contribution in [0.3, 0.4) is 0 Å². The largest absolute Gasteiger partial charge is 0.669 e.